The fourth-order valence-electron chi connectivity index (χ4n) is 2.45. The van der Waals surface area contributed by atoms with E-state index in [-0.39, 0.29) is 10.9 Å². The van der Waals surface area contributed by atoms with Crippen LogP contribution in [0.15, 0.2) is 41.6 Å². The first-order valence-corrected chi connectivity index (χ1v) is 8.05. The van der Waals surface area contributed by atoms with Gasteiger partial charge >= 0.3 is 0 Å². The number of aromatic nitrogens is 3. The monoisotopic (exact) mass is 308 g/mol. The molecule has 2 heterocycles. The molecule has 0 unspecified atom stereocenters. The van der Waals surface area contributed by atoms with Crippen LogP contribution in [0.25, 0.3) is 0 Å². The zero-order chi connectivity index (χ0) is 14.9. The maximum Gasteiger partial charge on any atom is 0.243 e. The molecular formula is C13H16N4O3S. The van der Waals surface area contributed by atoms with Crippen molar-refractivity contribution >= 4 is 10.0 Å². The van der Waals surface area contributed by atoms with E-state index in [9.17, 15) is 8.42 Å². The fraction of sp³-hybridized carbons (Fsp3) is 0.385. The summed E-state index contributed by atoms with van der Waals surface area (Å²) in [6, 6.07) is 6.48. The van der Waals surface area contributed by atoms with Gasteiger partial charge in [-0.1, -0.05) is 5.21 Å². The fourth-order valence-corrected chi connectivity index (χ4v) is 3.95. The topological polar surface area (TPSA) is 77.3 Å². The molecule has 3 rings (SSSR count). The molecule has 1 atom stereocenters. The normalized spacial score (nSPS) is 19.8. The molecule has 1 aromatic carbocycles. The Hall–Kier alpha value is -1.93. The second-order valence-electron chi connectivity index (χ2n) is 4.86. The molecule has 1 aliphatic heterocycles. The van der Waals surface area contributed by atoms with Gasteiger partial charge < -0.3 is 4.74 Å². The second-order valence-corrected chi connectivity index (χ2v) is 6.80. The SMILES string of the molecule is COc1ccc(S(=O)(=O)N2CC[C@H](n3ccnn3)C2)cc1. The highest BCUT2D eigenvalue weighted by Gasteiger charge is 2.33. The zero-order valence-electron chi connectivity index (χ0n) is 11.6. The molecule has 0 radical (unpaired) electrons. The van der Waals surface area contributed by atoms with Crippen LogP contribution in [0.4, 0.5) is 0 Å². The molecule has 112 valence electrons. The van der Waals surface area contributed by atoms with E-state index in [0.29, 0.717) is 18.8 Å². The van der Waals surface area contributed by atoms with E-state index < -0.39 is 10.0 Å². The summed E-state index contributed by atoms with van der Waals surface area (Å²) in [6.45, 7) is 0.899. The minimum absolute atomic E-state index is 0.0422. The number of hydrogen-bond donors (Lipinski definition) is 0. The van der Waals surface area contributed by atoms with Crippen molar-refractivity contribution in [3.05, 3.63) is 36.7 Å². The Morgan fingerprint density at radius 1 is 1.29 bits per heavy atom. The molecule has 0 spiro atoms. The van der Waals surface area contributed by atoms with Crippen molar-refractivity contribution in [3.63, 3.8) is 0 Å². The lowest BCUT2D eigenvalue weighted by atomic mass is 10.3. The summed E-state index contributed by atoms with van der Waals surface area (Å²) in [6.07, 6.45) is 4.09. The first-order chi connectivity index (χ1) is 10.1. The quantitative estimate of drug-likeness (QED) is 0.839. The maximum absolute atomic E-state index is 12.6. The van der Waals surface area contributed by atoms with Crippen molar-refractivity contribution in [3.8, 4) is 5.75 Å². The zero-order valence-corrected chi connectivity index (χ0v) is 12.4. The molecule has 2 aromatic rings. The Balaban J connectivity index is 1.79. The number of hydrogen-bond acceptors (Lipinski definition) is 5. The Bertz CT molecular complexity index is 698. The summed E-state index contributed by atoms with van der Waals surface area (Å²) >= 11 is 0. The molecule has 0 amide bonds. The van der Waals surface area contributed by atoms with Crippen molar-refractivity contribution in [1.29, 1.82) is 0 Å². The van der Waals surface area contributed by atoms with E-state index in [4.69, 9.17) is 4.74 Å². The highest BCUT2D eigenvalue weighted by atomic mass is 32.2. The van der Waals surface area contributed by atoms with Gasteiger partial charge in [-0.25, -0.2) is 13.1 Å². The van der Waals surface area contributed by atoms with Gasteiger partial charge in [-0.15, -0.1) is 5.10 Å². The second kappa shape index (κ2) is 5.45. The van der Waals surface area contributed by atoms with Crippen molar-refractivity contribution in [2.45, 2.75) is 17.4 Å². The van der Waals surface area contributed by atoms with E-state index in [1.807, 2.05) is 0 Å². The third-order valence-corrected chi connectivity index (χ3v) is 5.52. The third kappa shape index (κ3) is 2.64. The maximum atomic E-state index is 12.6. The van der Waals surface area contributed by atoms with Crippen molar-refractivity contribution in [2.75, 3.05) is 20.2 Å². The molecule has 8 heteroatoms. The molecule has 0 N–H and O–H groups in total. The van der Waals surface area contributed by atoms with Crippen LogP contribution in [0.3, 0.4) is 0 Å². The van der Waals surface area contributed by atoms with Crippen LogP contribution >= 0.6 is 0 Å². The number of benzene rings is 1. The van der Waals surface area contributed by atoms with Gasteiger partial charge in [-0.05, 0) is 30.7 Å². The summed E-state index contributed by atoms with van der Waals surface area (Å²) in [5.74, 6) is 0.635. The molecule has 1 aliphatic rings. The molecule has 1 aromatic heterocycles. The molecule has 7 nitrogen and oxygen atoms in total. The molecule has 0 aliphatic carbocycles. The van der Waals surface area contributed by atoms with Crippen LogP contribution in [-0.2, 0) is 10.0 Å². The number of ether oxygens (including phenoxy) is 1. The Labute approximate surface area is 123 Å². The number of sulfonamides is 1. The highest BCUT2D eigenvalue weighted by molar-refractivity contribution is 7.89. The van der Waals surface area contributed by atoms with E-state index in [0.717, 1.165) is 6.42 Å². The van der Waals surface area contributed by atoms with Crippen LogP contribution in [0, 0.1) is 0 Å². The molecular weight excluding hydrogens is 292 g/mol. The average Bonchev–Trinajstić information content (AvgIpc) is 3.18. The Morgan fingerprint density at radius 3 is 2.67 bits per heavy atom. The van der Waals surface area contributed by atoms with Gasteiger partial charge in [-0.2, -0.15) is 4.31 Å². The smallest absolute Gasteiger partial charge is 0.243 e. The predicted molar refractivity (Wildman–Crippen MR) is 75.4 cm³/mol. The predicted octanol–water partition coefficient (Wildman–Crippen LogP) is 0.922. The summed E-state index contributed by atoms with van der Waals surface area (Å²) in [7, 11) is -1.92. The van der Waals surface area contributed by atoms with Crippen molar-refractivity contribution in [2.24, 2.45) is 0 Å². The number of methoxy groups -OCH3 is 1. The van der Waals surface area contributed by atoms with Gasteiger partial charge in [0.05, 0.1) is 24.2 Å². The first kappa shape index (κ1) is 14.0. The summed E-state index contributed by atoms with van der Waals surface area (Å²) in [5, 5.41) is 7.70. The highest BCUT2D eigenvalue weighted by Crippen LogP contribution is 2.27. The van der Waals surface area contributed by atoms with E-state index >= 15 is 0 Å². The minimum Gasteiger partial charge on any atom is -0.497 e. The van der Waals surface area contributed by atoms with E-state index in [2.05, 4.69) is 10.3 Å². The third-order valence-electron chi connectivity index (χ3n) is 3.64. The van der Waals surface area contributed by atoms with Crippen LogP contribution in [-0.4, -0.2) is 47.9 Å². The van der Waals surface area contributed by atoms with Crippen LogP contribution in [0.2, 0.25) is 0 Å². The number of rotatable bonds is 4. The summed E-state index contributed by atoms with van der Waals surface area (Å²) in [4.78, 5) is 0.280. The Morgan fingerprint density at radius 2 is 2.05 bits per heavy atom. The van der Waals surface area contributed by atoms with Gasteiger partial charge in [0, 0.05) is 19.3 Å². The summed E-state index contributed by atoms with van der Waals surface area (Å²) in [5.41, 5.74) is 0. The largest absolute Gasteiger partial charge is 0.497 e. The van der Waals surface area contributed by atoms with Crippen LogP contribution in [0.1, 0.15) is 12.5 Å². The van der Waals surface area contributed by atoms with Crippen LogP contribution in [0.5, 0.6) is 5.75 Å². The lowest BCUT2D eigenvalue weighted by molar-refractivity contribution is 0.414. The minimum atomic E-state index is -3.47. The van der Waals surface area contributed by atoms with Gasteiger partial charge in [-0.3, -0.25) is 0 Å². The first-order valence-electron chi connectivity index (χ1n) is 6.61. The molecule has 21 heavy (non-hydrogen) atoms. The number of nitrogens with zero attached hydrogens (tertiary/aromatic N) is 4. The molecule has 0 bridgehead atoms. The average molecular weight is 308 g/mol. The Kier molecular flexibility index (Phi) is 3.64. The van der Waals surface area contributed by atoms with Gasteiger partial charge in [0.25, 0.3) is 0 Å². The van der Waals surface area contributed by atoms with Gasteiger partial charge in [0.1, 0.15) is 5.75 Å². The van der Waals surface area contributed by atoms with Gasteiger partial charge in [0.15, 0.2) is 0 Å². The van der Waals surface area contributed by atoms with Gasteiger partial charge in [0.2, 0.25) is 10.0 Å². The molecule has 1 fully saturated rings. The van der Waals surface area contributed by atoms with E-state index in [1.165, 1.54) is 4.31 Å². The van der Waals surface area contributed by atoms with Crippen molar-refractivity contribution < 1.29 is 13.2 Å². The molecule has 1 saturated heterocycles. The van der Waals surface area contributed by atoms with Crippen molar-refractivity contribution in [1.82, 2.24) is 19.3 Å². The molecule has 0 saturated carbocycles. The van der Waals surface area contributed by atoms with E-state index in [1.54, 1.807) is 48.5 Å². The summed E-state index contributed by atoms with van der Waals surface area (Å²) < 4.78 is 33.4. The standard InChI is InChI=1S/C13H16N4O3S/c1-20-12-2-4-13(5-3-12)21(18,19)16-8-6-11(10-16)17-9-7-14-15-17/h2-5,7,9,11H,6,8,10H2,1H3/t11-/m0/s1. The van der Waals surface area contributed by atoms with Crippen LogP contribution < -0.4 is 4.74 Å². The lowest BCUT2D eigenvalue weighted by Gasteiger charge is -2.16. The lowest BCUT2D eigenvalue weighted by Crippen LogP contribution is -2.29.